The number of rotatable bonds is 6. The highest BCUT2D eigenvalue weighted by molar-refractivity contribution is 7.10. The third-order valence-electron chi connectivity index (χ3n) is 4.50. The maximum absolute atomic E-state index is 12.3. The molecule has 0 spiro atoms. The summed E-state index contributed by atoms with van der Waals surface area (Å²) in [6.45, 7) is 3.82. The number of piperazine rings is 1. The second-order valence-electron chi connectivity index (χ2n) is 6.20. The minimum absolute atomic E-state index is 0. The molecule has 1 aromatic carbocycles. The first-order valence-electron chi connectivity index (χ1n) is 8.48. The van der Waals surface area contributed by atoms with E-state index in [0.29, 0.717) is 13.0 Å². The number of aryl methyl sites for hydroxylation is 1. The van der Waals surface area contributed by atoms with E-state index in [4.69, 9.17) is 0 Å². The molecule has 1 atom stereocenters. The fourth-order valence-electron chi connectivity index (χ4n) is 3.05. The molecular weight excluding hydrogens is 356 g/mol. The molecule has 3 rings (SSSR count). The Bertz CT molecular complexity index is 628. The van der Waals surface area contributed by atoms with Crippen LogP contribution in [-0.4, -0.2) is 53.5 Å². The topological polar surface area (TPSA) is 43.8 Å². The summed E-state index contributed by atoms with van der Waals surface area (Å²) >= 11 is 1.59. The van der Waals surface area contributed by atoms with Crippen molar-refractivity contribution in [2.75, 3.05) is 32.7 Å². The van der Waals surface area contributed by atoms with Gasteiger partial charge in [-0.15, -0.1) is 23.7 Å². The van der Waals surface area contributed by atoms with Crippen molar-refractivity contribution in [2.24, 2.45) is 0 Å². The van der Waals surface area contributed by atoms with Gasteiger partial charge in [0.1, 0.15) is 6.10 Å². The monoisotopic (exact) mass is 380 g/mol. The van der Waals surface area contributed by atoms with Gasteiger partial charge in [-0.25, -0.2) is 0 Å². The largest absolute Gasteiger partial charge is 0.386 e. The standard InChI is InChI=1S/C19H24N2O2S.ClH/c22-17(18-7-4-14-24-18)15-20-10-12-21(13-11-20)19(23)9-8-16-5-2-1-3-6-16;/h1-7,14,17,22H,8-13,15H2;1H. The van der Waals surface area contributed by atoms with Gasteiger partial charge in [0.05, 0.1) is 0 Å². The molecule has 6 heteroatoms. The zero-order valence-electron chi connectivity index (χ0n) is 14.2. The number of nitrogens with zero attached hydrogens (tertiary/aromatic N) is 2. The zero-order chi connectivity index (χ0) is 16.8. The number of carbonyl (C=O) groups excluding carboxylic acids is 1. The molecule has 1 N–H and O–H groups in total. The second kappa shape index (κ2) is 9.92. The minimum Gasteiger partial charge on any atom is -0.386 e. The molecule has 2 aromatic rings. The maximum Gasteiger partial charge on any atom is 0.222 e. The van der Waals surface area contributed by atoms with Gasteiger partial charge in [-0.05, 0) is 23.4 Å². The maximum atomic E-state index is 12.3. The Labute approximate surface area is 159 Å². The molecule has 1 unspecified atom stereocenters. The van der Waals surface area contributed by atoms with Gasteiger partial charge >= 0.3 is 0 Å². The summed E-state index contributed by atoms with van der Waals surface area (Å²) in [6, 6.07) is 14.1. The van der Waals surface area contributed by atoms with Gasteiger partial charge in [0.15, 0.2) is 0 Å². The van der Waals surface area contributed by atoms with Crippen molar-refractivity contribution in [2.45, 2.75) is 18.9 Å². The van der Waals surface area contributed by atoms with Gasteiger partial charge < -0.3 is 10.0 Å². The summed E-state index contributed by atoms with van der Waals surface area (Å²) in [5.74, 6) is 0.234. The first kappa shape index (κ1) is 19.9. The van der Waals surface area contributed by atoms with Crippen LogP contribution in [0.4, 0.5) is 0 Å². The average molecular weight is 381 g/mol. The molecule has 1 fully saturated rings. The molecule has 25 heavy (non-hydrogen) atoms. The lowest BCUT2D eigenvalue weighted by molar-refractivity contribution is -0.133. The average Bonchev–Trinajstić information content (AvgIpc) is 3.16. The highest BCUT2D eigenvalue weighted by atomic mass is 35.5. The number of thiophene rings is 1. The molecule has 0 aliphatic carbocycles. The van der Waals surface area contributed by atoms with Gasteiger partial charge in [0.25, 0.3) is 0 Å². The van der Waals surface area contributed by atoms with Crippen molar-refractivity contribution in [1.82, 2.24) is 9.80 Å². The normalized spacial score (nSPS) is 16.3. The van der Waals surface area contributed by atoms with Crippen LogP contribution in [0.5, 0.6) is 0 Å². The van der Waals surface area contributed by atoms with Crippen LogP contribution in [0.1, 0.15) is 23.0 Å². The number of β-amino-alcohol motifs (C(OH)–C–C–N with tert-alkyl or cyclic N) is 1. The van der Waals surface area contributed by atoms with Gasteiger partial charge in [-0.2, -0.15) is 0 Å². The lowest BCUT2D eigenvalue weighted by atomic mass is 10.1. The summed E-state index contributed by atoms with van der Waals surface area (Å²) in [5, 5.41) is 12.2. The van der Waals surface area contributed by atoms with Crippen LogP contribution in [0.15, 0.2) is 47.8 Å². The Kier molecular flexibility index (Phi) is 7.90. The van der Waals surface area contributed by atoms with Crippen molar-refractivity contribution in [3.63, 3.8) is 0 Å². The van der Waals surface area contributed by atoms with Gasteiger partial charge in [-0.1, -0.05) is 36.4 Å². The molecular formula is C19H25ClN2O2S. The van der Waals surface area contributed by atoms with Crippen molar-refractivity contribution < 1.29 is 9.90 Å². The molecule has 4 nitrogen and oxygen atoms in total. The van der Waals surface area contributed by atoms with Crippen LogP contribution in [-0.2, 0) is 11.2 Å². The van der Waals surface area contributed by atoms with Gasteiger partial charge in [0, 0.05) is 44.0 Å². The molecule has 1 aliphatic rings. The molecule has 1 aliphatic heterocycles. The molecule has 0 radical (unpaired) electrons. The van der Waals surface area contributed by atoms with Crippen molar-refractivity contribution in [1.29, 1.82) is 0 Å². The Balaban J connectivity index is 0.00000225. The number of benzene rings is 1. The number of hydrogen-bond acceptors (Lipinski definition) is 4. The number of hydrogen-bond donors (Lipinski definition) is 1. The van der Waals surface area contributed by atoms with Gasteiger partial charge in [0.2, 0.25) is 5.91 Å². The van der Waals surface area contributed by atoms with E-state index in [-0.39, 0.29) is 18.3 Å². The first-order valence-corrected chi connectivity index (χ1v) is 9.36. The Morgan fingerprint density at radius 2 is 1.80 bits per heavy atom. The van der Waals surface area contributed by atoms with E-state index in [9.17, 15) is 9.90 Å². The Morgan fingerprint density at radius 3 is 2.44 bits per heavy atom. The summed E-state index contributed by atoms with van der Waals surface area (Å²) in [4.78, 5) is 17.6. The Hall–Kier alpha value is -1.40. The zero-order valence-corrected chi connectivity index (χ0v) is 15.8. The number of aliphatic hydroxyl groups excluding tert-OH is 1. The van der Waals surface area contributed by atoms with Crippen LogP contribution in [0.2, 0.25) is 0 Å². The van der Waals surface area contributed by atoms with Crippen LogP contribution < -0.4 is 0 Å². The van der Waals surface area contributed by atoms with Crippen LogP contribution in [0, 0.1) is 0 Å². The van der Waals surface area contributed by atoms with Crippen molar-refractivity contribution in [3.05, 3.63) is 58.3 Å². The van der Waals surface area contributed by atoms with E-state index in [1.165, 1.54) is 5.56 Å². The lowest BCUT2D eigenvalue weighted by Gasteiger charge is -2.35. The summed E-state index contributed by atoms with van der Waals surface area (Å²) < 4.78 is 0. The van der Waals surface area contributed by atoms with Crippen molar-refractivity contribution in [3.8, 4) is 0 Å². The molecule has 2 heterocycles. The third-order valence-corrected chi connectivity index (χ3v) is 5.47. The minimum atomic E-state index is -0.426. The predicted octanol–water partition coefficient (Wildman–Crippen LogP) is 2.98. The van der Waals surface area contributed by atoms with Crippen LogP contribution in [0.3, 0.4) is 0 Å². The van der Waals surface area contributed by atoms with E-state index in [0.717, 1.165) is 37.5 Å². The molecule has 0 bridgehead atoms. The van der Waals surface area contributed by atoms with Gasteiger partial charge in [-0.3, -0.25) is 9.69 Å². The predicted molar refractivity (Wildman–Crippen MR) is 104 cm³/mol. The van der Waals surface area contributed by atoms with E-state index < -0.39 is 6.10 Å². The lowest BCUT2D eigenvalue weighted by Crippen LogP contribution is -2.49. The molecule has 1 aromatic heterocycles. The first-order chi connectivity index (χ1) is 11.7. The van der Waals surface area contributed by atoms with E-state index >= 15 is 0 Å². The molecule has 1 amide bonds. The highest BCUT2D eigenvalue weighted by Crippen LogP contribution is 2.20. The fourth-order valence-corrected chi connectivity index (χ4v) is 3.75. The Morgan fingerprint density at radius 1 is 1.08 bits per heavy atom. The van der Waals surface area contributed by atoms with E-state index in [1.807, 2.05) is 40.6 Å². The van der Waals surface area contributed by atoms with Crippen LogP contribution >= 0.6 is 23.7 Å². The van der Waals surface area contributed by atoms with E-state index in [2.05, 4.69) is 17.0 Å². The number of halogens is 1. The smallest absolute Gasteiger partial charge is 0.222 e. The van der Waals surface area contributed by atoms with E-state index in [1.54, 1.807) is 11.3 Å². The SMILES string of the molecule is Cl.O=C(CCc1ccccc1)N1CCN(CC(O)c2cccs2)CC1. The van der Waals surface area contributed by atoms with Crippen LogP contribution in [0.25, 0.3) is 0 Å². The summed E-state index contributed by atoms with van der Waals surface area (Å²) in [7, 11) is 0. The summed E-state index contributed by atoms with van der Waals surface area (Å²) in [6.07, 6.45) is 0.948. The number of aliphatic hydroxyl groups is 1. The summed E-state index contributed by atoms with van der Waals surface area (Å²) in [5.41, 5.74) is 1.21. The third kappa shape index (κ3) is 5.82. The second-order valence-corrected chi connectivity index (χ2v) is 7.18. The quantitative estimate of drug-likeness (QED) is 0.837. The van der Waals surface area contributed by atoms with Crippen molar-refractivity contribution >= 4 is 29.7 Å². The fraction of sp³-hybridized carbons (Fsp3) is 0.421. The molecule has 1 saturated heterocycles. The number of amides is 1. The highest BCUT2D eigenvalue weighted by Gasteiger charge is 2.22. The molecule has 136 valence electrons. The number of carbonyl (C=O) groups is 1. The molecule has 0 saturated carbocycles.